The van der Waals surface area contributed by atoms with Crippen molar-refractivity contribution in [3.8, 4) is 0 Å². The summed E-state index contributed by atoms with van der Waals surface area (Å²) in [5.74, 6) is 0. The number of nitrogens with zero attached hydrogens (tertiary/aromatic N) is 2. The van der Waals surface area contributed by atoms with Gasteiger partial charge >= 0.3 is 5.66 Å². The Kier molecular flexibility index (Phi) is 4.33. The Morgan fingerprint density at radius 1 is 1.31 bits per heavy atom. The standard InChI is InChI=1S/C6H8N4O4.C2H4/c7-4-2-1-3-5(8)6(4,9(11)12)10(13)14;1-2/h1-4H,7-8H2;1-2H2. The Morgan fingerprint density at radius 2 is 1.75 bits per heavy atom. The monoisotopic (exact) mass is 228 g/mol. The smallest absolute Gasteiger partial charge is 0.390 e. The molecule has 0 aromatic rings. The quantitative estimate of drug-likeness (QED) is 0.290. The van der Waals surface area contributed by atoms with Crippen LogP contribution in [0, 0.1) is 20.2 Å². The maximum atomic E-state index is 10.7. The Hall–Kier alpha value is -2.22. The van der Waals surface area contributed by atoms with E-state index in [-0.39, 0.29) is 0 Å². The minimum atomic E-state index is -2.63. The van der Waals surface area contributed by atoms with Crippen LogP contribution >= 0.6 is 0 Å². The summed E-state index contributed by atoms with van der Waals surface area (Å²) in [6, 6.07) is -1.36. The first kappa shape index (κ1) is 13.8. The minimum absolute atomic E-state index is 0.470. The minimum Gasteiger partial charge on any atom is -0.390 e. The van der Waals surface area contributed by atoms with E-state index in [1.807, 2.05) is 0 Å². The molecule has 1 atom stereocenters. The lowest BCUT2D eigenvalue weighted by molar-refractivity contribution is -0.785. The largest absolute Gasteiger partial charge is 0.515 e. The highest BCUT2D eigenvalue weighted by Crippen LogP contribution is 2.25. The SMILES string of the molecule is C=C.NC1=CC=CC(N)C1([N+](=O)[O-])[N+](=O)[O-]. The van der Waals surface area contributed by atoms with Gasteiger partial charge in [0.05, 0.1) is 0 Å². The lowest BCUT2D eigenvalue weighted by Gasteiger charge is -2.22. The first-order valence-electron chi connectivity index (χ1n) is 4.13. The van der Waals surface area contributed by atoms with Crippen LogP contribution in [0.5, 0.6) is 0 Å². The van der Waals surface area contributed by atoms with Crippen LogP contribution in [0.3, 0.4) is 0 Å². The Balaban J connectivity index is 0.00000106. The predicted octanol–water partition coefficient (Wildman–Crippen LogP) is -0.222. The molecule has 0 aromatic carbocycles. The van der Waals surface area contributed by atoms with Gasteiger partial charge in [0.25, 0.3) is 0 Å². The number of hydrogen-bond acceptors (Lipinski definition) is 6. The Bertz CT molecular complexity index is 349. The maximum Gasteiger partial charge on any atom is 0.515 e. The van der Waals surface area contributed by atoms with Gasteiger partial charge in [-0.2, -0.15) is 0 Å². The van der Waals surface area contributed by atoms with Gasteiger partial charge in [0.2, 0.25) is 0 Å². The number of rotatable bonds is 2. The van der Waals surface area contributed by atoms with Crippen LogP contribution in [0.4, 0.5) is 0 Å². The summed E-state index contributed by atoms with van der Waals surface area (Å²) < 4.78 is 0. The first-order chi connectivity index (χ1) is 7.44. The van der Waals surface area contributed by atoms with Gasteiger partial charge in [-0.3, -0.25) is 20.2 Å². The van der Waals surface area contributed by atoms with Crippen molar-refractivity contribution in [3.63, 3.8) is 0 Å². The van der Waals surface area contributed by atoms with Crippen molar-refractivity contribution in [1.29, 1.82) is 0 Å². The molecule has 0 aliphatic heterocycles. The third-order valence-electron chi connectivity index (χ3n) is 2.04. The number of allylic oxidation sites excluding steroid dienone is 2. The molecule has 8 heteroatoms. The second-order valence-electron chi connectivity index (χ2n) is 2.77. The molecule has 88 valence electrons. The van der Waals surface area contributed by atoms with Gasteiger partial charge in [-0.15, -0.1) is 13.2 Å². The summed E-state index contributed by atoms with van der Waals surface area (Å²) in [7, 11) is 0. The summed E-state index contributed by atoms with van der Waals surface area (Å²) in [4.78, 5) is 19.2. The number of nitrogens with two attached hydrogens (primary N) is 2. The Labute approximate surface area is 91.2 Å². The average Bonchev–Trinajstić information content (AvgIpc) is 2.20. The van der Waals surface area contributed by atoms with Crippen molar-refractivity contribution in [2.75, 3.05) is 0 Å². The van der Waals surface area contributed by atoms with E-state index in [9.17, 15) is 20.2 Å². The number of nitro groups is 2. The molecule has 0 bridgehead atoms. The molecule has 0 amide bonds. The molecule has 0 heterocycles. The van der Waals surface area contributed by atoms with Crippen LogP contribution < -0.4 is 11.5 Å². The molecule has 0 saturated carbocycles. The third kappa shape index (κ3) is 1.77. The van der Waals surface area contributed by atoms with E-state index in [0.717, 1.165) is 6.08 Å². The molecule has 0 radical (unpaired) electrons. The summed E-state index contributed by atoms with van der Waals surface area (Å²) >= 11 is 0. The van der Waals surface area contributed by atoms with Gasteiger partial charge in [0.15, 0.2) is 11.7 Å². The fourth-order valence-corrected chi connectivity index (χ4v) is 1.25. The second-order valence-corrected chi connectivity index (χ2v) is 2.77. The molecule has 0 fully saturated rings. The highest BCUT2D eigenvalue weighted by Gasteiger charge is 2.64. The van der Waals surface area contributed by atoms with E-state index in [2.05, 4.69) is 13.2 Å². The van der Waals surface area contributed by atoms with Crippen LogP contribution in [0.15, 0.2) is 37.1 Å². The van der Waals surface area contributed by atoms with Gasteiger partial charge < -0.3 is 11.5 Å². The fourth-order valence-electron chi connectivity index (χ4n) is 1.25. The molecule has 16 heavy (non-hydrogen) atoms. The van der Waals surface area contributed by atoms with E-state index in [1.54, 1.807) is 0 Å². The number of hydrogen-bond donors (Lipinski definition) is 2. The summed E-state index contributed by atoms with van der Waals surface area (Å²) in [5, 5.41) is 21.3. The van der Waals surface area contributed by atoms with Gasteiger partial charge in [-0.05, 0) is 6.08 Å². The molecule has 8 nitrogen and oxygen atoms in total. The molecule has 0 saturated heterocycles. The van der Waals surface area contributed by atoms with Crippen LogP contribution in [0.25, 0.3) is 0 Å². The van der Waals surface area contributed by atoms with E-state index in [1.165, 1.54) is 12.2 Å². The van der Waals surface area contributed by atoms with Crippen molar-refractivity contribution in [2.24, 2.45) is 11.5 Å². The predicted molar refractivity (Wildman–Crippen MR) is 57.4 cm³/mol. The molecular weight excluding hydrogens is 216 g/mol. The molecule has 1 aliphatic rings. The van der Waals surface area contributed by atoms with Crippen LogP contribution in [0.1, 0.15) is 0 Å². The summed E-state index contributed by atoms with van der Waals surface area (Å²) in [6.07, 6.45) is 3.63. The van der Waals surface area contributed by atoms with E-state index >= 15 is 0 Å². The van der Waals surface area contributed by atoms with E-state index in [4.69, 9.17) is 11.5 Å². The molecule has 1 aliphatic carbocycles. The summed E-state index contributed by atoms with van der Waals surface area (Å²) in [5.41, 5.74) is 7.47. The van der Waals surface area contributed by atoms with E-state index in [0.29, 0.717) is 0 Å². The van der Waals surface area contributed by atoms with E-state index < -0.39 is 27.2 Å². The van der Waals surface area contributed by atoms with Crippen LogP contribution in [-0.4, -0.2) is 21.6 Å². The van der Waals surface area contributed by atoms with Gasteiger partial charge in [0.1, 0.15) is 9.85 Å². The molecular formula is C8H12N4O4. The van der Waals surface area contributed by atoms with Gasteiger partial charge in [0, 0.05) is 0 Å². The van der Waals surface area contributed by atoms with Gasteiger partial charge in [-0.1, -0.05) is 12.2 Å². The van der Waals surface area contributed by atoms with Crippen LogP contribution in [0.2, 0.25) is 0 Å². The highest BCUT2D eigenvalue weighted by atomic mass is 16.7. The Morgan fingerprint density at radius 3 is 2.00 bits per heavy atom. The molecule has 1 unspecified atom stereocenters. The molecule has 0 aromatic heterocycles. The average molecular weight is 228 g/mol. The fraction of sp³-hybridized carbons (Fsp3) is 0.250. The van der Waals surface area contributed by atoms with Crippen molar-refractivity contribution in [2.45, 2.75) is 11.7 Å². The molecule has 1 rings (SSSR count). The zero-order chi connectivity index (χ0) is 12.9. The second kappa shape index (κ2) is 5.03. The van der Waals surface area contributed by atoms with Crippen LogP contribution in [-0.2, 0) is 0 Å². The lowest BCUT2D eigenvalue weighted by atomic mass is 9.94. The van der Waals surface area contributed by atoms with Crippen molar-refractivity contribution >= 4 is 0 Å². The normalized spacial score (nSPS) is 21.3. The van der Waals surface area contributed by atoms with Gasteiger partial charge in [-0.25, -0.2) is 0 Å². The zero-order valence-electron chi connectivity index (χ0n) is 8.41. The topological polar surface area (TPSA) is 138 Å². The maximum absolute atomic E-state index is 10.7. The third-order valence-corrected chi connectivity index (χ3v) is 2.04. The summed E-state index contributed by atoms with van der Waals surface area (Å²) in [6.45, 7) is 6.00. The molecule has 4 N–H and O–H groups in total. The van der Waals surface area contributed by atoms with Crippen molar-refractivity contribution in [1.82, 2.24) is 0 Å². The zero-order valence-corrected chi connectivity index (χ0v) is 8.41. The highest BCUT2D eigenvalue weighted by molar-refractivity contribution is 5.27. The lowest BCUT2D eigenvalue weighted by Crippen LogP contribution is -2.62. The van der Waals surface area contributed by atoms with Crippen molar-refractivity contribution < 1.29 is 9.85 Å². The molecule has 0 spiro atoms. The van der Waals surface area contributed by atoms with Crippen molar-refractivity contribution in [3.05, 3.63) is 57.3 Å². The first-order valence-corrected chi connectivity index (χ1v) is 4.13.